The molecule has 0 fully saturated rings. The van der Waals surface area contributed by atoms with Crippen LogP contribution in [-0.4, -0.2) is 22.0 Å². The summed E-state index contributed by atoms with van der Waals surface area (Å²) in [6, 6.07) is 6.15. The third kappa shape index (κ3) is 1.62. The molecule has 1 aliphatic heterocycles. The molecule has 2 heterocycles. The highest BCUT2D eigenvalue weighted by molar-refractivity contribution is 5.93. The molecular weight excluding hydrogens is 214 g/mol. The molecule has 1 aromatic carbocycles. The van der Waals surface area contributed by atoms with Gasteiger partial charge in [0.05, 0.1) is 6.33 Å². The van der Waals surface area contributed by atoms with Crippen LogP contribution in [0.1, 0.15) is 12.5 Å². The van der Waals surface area contributed by atoms with Gasteiger partial charge in [0.15, 0.2) is 0 Å². The third-order valence-corrected chi connectivity index (χ3v) is 3.14. The van der Waals surface area contributed by atoms with Gasteiger partial charge < -0.3 is 9.47 Å². The molecule has 0 N–H and O–H groups in total. The zero-order valence-corrected chi connectivity index (χ0v) is 9.63. The second-order valence-corrected chi connectivity index (χ2v) is 4.20. The number of carbonyl (C=O) groups excluding carboxylic acids is 1. The largest absolute Gasteiger partial charge is 0.312 e. The molecule has 17 heavy (non-hydrogen) atoms. The summed E-state index contributed by atoms with van der Waals surface area (Å²) in [5, 5.41) is 0. The topological polar surface area (TPSA) is 38.1 Å². The number of fused-ring (bicyclic) bond motifs is 1. The fourth-order valence-electron chi connectivity index (χ4n) is 2.29. The van der Waals surface area contributed by atoms with Gasteiger partial charge in [-0.1, -0.05) is 0 Å². The lowest BCUT2D eigenvalue weighted by molar-refractivity contribution is -0.116. The van der Waals surface area contributed by atoms with Gasteiger partial charge in [-0.05, 0) is 30.2 Å². The van der Waals surface area contributed by atoms with Crippen LogP contribution in [0.3, 0.4) is 0 Å². The maximum atomic E-state index is 11.4. The van der Waals surface area contributed by atoms with Crippen LogP contribution >= 0.6 is 0 Å². The van der Waals surface area contributed by atoms with Crippen molar-refractivity contribution in [2.75, 3.05) is 11.4 Å². The molecule has 0 unspecified atom stereocenters. The lowest BCUT2D eigenvalue weighted by atomic mass is 10.1. The Labute approximate surface area is 99.5 Å². The summed E-state index contributed by atoms with van der Waals surface area (Å²) in [7, 11) is 0. The number of hydrogen-bond acceptors (Lipinski definition) is 2. The summed E-state index contributed by atoms with van der Waals surface area (Å²) in [6.07, 6.45) is 6.38. The van der Waals surface area contributed by atoms with Crippen LogP contribution in [0.5, 0.6) is 0 Å². The van der Waals surface area contributed by atoms with E-state index in [1.807, 2.05) is 27.8 Å². The first-order valence-electron chi connectivity index (χ1n) is 5.65. The highest BCUT2D eigenvalue weighted by Gasteiger charge is 2.22. The molecule has 1 aromatic heterocycles. The van der Waals surface area contributed by atoms with Crippen LogP contribution in [0.15, 0.2) is 36.9 Å². The van der Waals surface area contributed by atoms with Crippen LogP contribution in [0.4, 0.5) is 5.69 Å². The minimum Gasteiger partial charge on any atom is -0.312 e. The van der Waals surface area contributed by atoms with Crippen LogP contribution in [0.2, 0.25) is 0 Å². The van der Waals surface area contributed by atoms with E-state index < -0.39 is 0 Å². The number of carbonyl (C=O) groups is 1. The summed E-state index contributed by atoms with van der Waals surface area (Å²) in [5.74, 6) is 0.110. The fourth-order valence-corrected chi connectivity index (χ4v) is 2.29. The molecule has 1 aliphatic rings. The van der Waals surface area contributed by atoms with Gasteiger partial charge in [-0.25, -0.2) is 4.98 Å². The average molecular weight is 227 g/mol. The summed E-state index contributed by atoms with van der Waals surface area (Å²) >= 11 is 0. The smallest absolute Gasteiger partial charge is 0.223 e. The van der Waals surface area contributed by atoms with E-state index in [1.54, 1.807) is 19.4 Å². The minimum absolute atomic E-state index is 0.110. The Morgan fingerprint density at radius 3 is 3.00 bits per heavy atom. The Balaban J connectivity index is 2.02. The molecule has 0 bridgehead atoms. The van der Waals surface area contributed by atoms with E-state index >= 15 is 0 Å². The van der Waals surface area contributed by atoms with Crippen molar-refractivity contribution >= 4 is 11.6 Å². The Hall–Kier alpha value is -2.10. The van der Waals surface area contributed by atoms with E-state index in [-0.39, 0.29) is 5.91 Å². The maximum Gasteiger partial charge on any atom is 0.223 e. The van der Waals surface area contributed by atoms with Gasteiger partial charge in [0, 0.05) is 37.2 Å². The zero-order valence-electron chi connectivity index (χ0n) is 9.63. The number of rotatable bonds is 1. The van der Waals surface area contributed by atoms with Crippen molar-refractivity contribution in [3.63, 3.8) is 0 Å². The molecule has 86 valence electrons. The second kappa shape index (κ2) is 3.73. The van der Waals surface area contributed by atoms with Gasteiger partial charge in [0.25, 0.3) is 0 Å². The number of benzene rings is 1. The highest BCUT2D eigenvalue weighted by atomic mass is 16.2. The van der Waals surface area contributed by atoms with Crippen LogP contribution in [0, 0.1) is 0 Å². The summed E-state index contributed by atoms with van der Waals surface area (Å²) < 4.78 is 1.97. The molecule has 2 aromatic rings. The van der Waals surface area contributed by atoms with Gasteiger partial charge in [-0.15, -0.1) is 0 Å². The van der Waals surface area contributed by atoms with Gasteiger partial charge in [0.1, 0.15) is 0 Å². The first kappa shape index (κ1) is 10.1. The predicted molar refractivity (Wildman–Crippen MR) is 65.3 cm³/mol. The molecule has 4 nitrogen and oxygen atoms in total. The molecular formula is C13H13N3O. The number of aromatic nitrogens is 2. The van der Waals surface area contributed by atoms with Crippen molar-refractivity contribution in [3.8, 4) is 5.69 Å². The minimum atomic E-state index is 0.110. The van der Waals surface area contributed by atoms with Gasteiger partial charge in [0.2, 0.25) is 5.91 Å². The third-order valence-electron chi connectivity index (χ3n) is 3.14. The predicted octanol–water partition coefficient (Wildman–Crippen LogP) is 1.78. The number of nitrogens with zero attached hydrogens (tertiary/aromatic N) is 3. The number of anilines is 1. The molecule has 0 spiro atoms. The molecule has 3 rings (SSSR count). The molecule has 0 saturated carbocycles. The van der Waals surface area contributed by atoms with Crippen LogP contribution in [0.25, 0.3) is 5.69 Å². The first-order valence-corrected chi connectivity index (χ1v) is 5.65. The van der Waals surface area contributed by atoms with Crippen molar-refractivity contribution in [1.29, 1.82) is 0 Å². The molecule has 0 radical (unpaired) electrons. The lowest BCUT2D eigenvalue weighted by Gasteiger charge is -2.14. The van der Waals surface area contributed by atoms with Crippen molar-refractivity contribution in [1.82, 2.24) is 9.55 Å². The summed E-state index contributed by atoms with van der Waals surface area (Å²) in [5.41, 5.74) is 3.36. The molecule has 0 aliphatic carbocycles. The standard InChI is InChI=1S/C13H13N3O/c1-10(17)16-6-4-11-8-12(2-3-13(11)16)15-7-5-14-9-15/h2-3,5,7-9H,4,6H2,1H3. The molecule has 1 amide bonds. The quantitative estimate of drug-likeness (QED) is 0.744. The maximum absolute atomic E-state index is 11.4. The Morgan fingerprint density at radius 1 is 1.41 bits per heavy atom. The van der Waals surface area contributed by atoms with Gasteiger partial charge >= 0.3 is 0 Å². The number of hydrogen-bond donors (Lipinski definition) is 0. The SMILES string of the molecule is CC(=O)N1CCc2cc(-n3ccnc3)ccc21. The lowest BCUT2D eigenvalue weighted by Crippen LogP contribution is -2.25. The second-order valence-electron chi connectivity index (χ2n) is 4.20. The summed E-state index contributed by atoms with van der Waals surface area (Å²) in [6.45, 7) is 2.40. The van der Waals surface area contributed by atoms with Crippen molar-refractivity contribution < 1.29 is 4.79 Å². The Kier molecular flexibility index (Phi) is 2.21. The van der Waals surface area contributed by atoms with Crippen molar-refractivity contribution in [2.45, 2.75) is 13.3 Å². The first-order chi connectivity index (χ1) is 8.25. The summed E-state index contributed by atoms with van der Waals surface area (Å²) in [4.78, 5) is 17.3. The Bertz CT molecular complexity index is 560. The van der Waals surface area contributed by atoms with E-state index in [9.17, 15) is 4.79 Å². The molecule has 4 heteroatoms. The fraction of sp³-hybridized carbons (Fsp3) is 0.231. The van der Waals surface area contributed by atoms with Crippen molar-refractivity contribution in [3.05, 3.63) is 42.5 Å². The monoisotopic (exact) mass is 227 g/mol. The van der Waals surface area contributed by atoms with E-state index in [4.69, 9.17) is 0 Å². The number of amides is 1. The van der Waals surface area contributed by atoms with E-state index in [0.29, 0.717) is 0 Å². The highest BCUT2D eigenvalue weighted by Crippen LogP contribution is 2.29. The van der Waals surface area contributed by atoms with E-state index in [0.717, 1.165) is 24.3 Å². The van der Waals surface area contributed by atoms with Crippen LogP contribution in [-0.2, 0) is 11.2 Å². The zero-order chi connectivity index (χ0) is 11.8. The van der Waals surface area contributed by atoms with Gasteiger partial charge in [-0.3, -0.25) is 4.79 Å². The van der Waals surface area contributed by atoms with E-state index in [1.165, 1.54) is 5.56 Å². The molecule has 0 atom stereocenters. The van der Waals surface area contributed by atoms with E-state index in [2.05, 4.69) is 11.1 Å². The number of imidazole rings is 1. The van der Waals surface area contributed by atoms with Gasteiger partial charge in [-0.2, -0.15) is 0 Å². The van der Waals surface area contributed by atoms with Crippen LogP contribution < -0.4 is 4.90 Å². The normalized spacial score (nSPS) is 13.8. The van der Waals surface area contributed by atoms with Crippen molar-refractivity contribution in [2.24, 2.45) is 0 Å². The Morgan fingerprint density at radius 2 is 2.29 bits per heavy atom. The molecule has 0 saturated heterocycles. The average Bonchev–Trinajstić information content (AvgIpc) is 2.97.